The summed E-state index contributed by atoms with van der Waals surface area (Å²) in [4.78, 5) is 49.7. The van der Waals surface area contributed by atoms with Crippen LogP contribution in [-0.2, 0) is 19.2 Å². The summed E-state index contributed by atoms with van der Waals surface area (Å²) in [6.45, 7) is 7.11. The highest BCUT2D eigenvalue weighted by Gasteiger charge is 2.36. The number of amides is 4. The molecule has 2 aliphatic heterocycles. The molecule has 0 unspecified atom stereocenters. The summed E-state index contributed by atoms with van der Waals surface area (Å²) in [6.07, 6.45) is -0.0527. The minimum Gasteiger partial charge on any atom is -0.274 e. The Balaban J connectivity index is 2.01. The van der Waals surface area contributed by atoms with Crippen molar-refractivity contribution >= 4 is 35.0 Å². The van der Waals surface area contributed by atoms with Crippen molar-refractivity contribution in [2.24, 2.45) is 0 Å². The smallest absolute Gasteiger partial charge is 0.260 e. The zero-order valence-electron chi connectivity index (χ0n) is 11.7. The Morgan fingerprint density at radius 1 is 0.773 bits per heavy atom. The fourth-order valence-electron chi connectivity index (χ4n) is 2.51. The van der Waals surface area contributed by atoms with Gasteiger partial charge in [-0.3, -0.25) is 19.2 Å². The van der Waals surface area contributed by atoms with E-state index in [0.717, 1.165) is 9.80 Å². The van der Waals surface area contributed by atoms with Crippen LogP contribution in [0.2, 0.25) is 0 Å². The number of hydrogen-bond acceptors (Lipinski definition) is 4. The number of benzene rings is 1. The molecule has 0 aliphatic carbocycles. The topological polar surface area (TPSA) is 74.8 Å². The van der Waals surface area contributed by atoms with E-state index in [1.165, 1.54) is 6.07 Å². The maximum absolute atomic E-state index is 12.0. The Kier molecular flexibility index (Phi) is 3.02. The molecule has 4 amide bonds. The average molecular weight is 296 g/mol. The number of rotatable bonds is 2. The molecule has 1 aromatic carbocycles. The molecule has 3 rings (SSSR count). The van der Waals surface area contributed by atoms with Crippen LogP contribution < -0.4 is 9.80 Å². The van der Waals surface area contributed by atoms with Crippen LogP contribution in [-0.4, -0.2) is 23.6 Å². The first-order chi connectivity index (χ1) is 10.4. The van der Waals surface area contributed by atoms with Gasteiger partial charge < -0.3 is 0 Å². The third-order valence-electron chi connectivity index (χ3n) is 3.59. The van der Waals surface area contributed by atoms with Crippen LogP contribution in [0, 0.1) is 0 Å². The summed E-state index contributed by atoms with van der Waals surface area (Å²) in [5.41, 5.74) is 1.06. The molecule has 0 aromatic heterocycles. The van der Waals surface area contributed by atoms with Crippen molar-refractivity contribution in [3.63, 3.8) is 0 Å². The number of nitrogens with zero attached hydrogens (tertiary/aromatic N) is 2. The maximum atomic E-state index is 12.0. The molecular formula is C16H12N2O4. The van der Waals surface area contributed by atoms with E-state index >= 15 is 0 Å². The number of hydrogen-bond donors (Lipinski definition) is 0. The number of carbonyl (C=O) groups excluding carboxylic acids is 4. The van der Waals surface area contributed by atoms with Crippen molar-refractivity contribution in [2.75, 3.05) is 9.80 Å². The molecule has 0 spiro atoms. The molecule has 0 atom stereocenters. The van der Waals surface area contributed by atoms with E-state index < -0.39 is 11.8 Å². The van der Waals surface area contributed by atoms with Crippen LogP contribution in [0.3, 0.4) is 0 Å². The van der Waals surface area contributed by atoms with E-state index in [1.807, 2.05) is 0 Å². The molecule has 22 heavy (non-hydrogen) atoms. The molecule has 110 valence electrons. The first kappa shape index (κ1) is 13.9. The van der Waals surface area contributed by atoms with E-state index in [0.29, 0.717) is 11.4 Å². The molecule has 0 saturated carbocycles. The number of imide groups is 2. The van der Waals surface area contributed by atoms with Gasteiger partial charge in [-0.25, -0.2) is 9.80 Å². The molecule has 2 heterocycles. The van der Waals surface area contributed by atoms with Crippen LogP contribution in [0.15, 0.2) is 48.6 Å². The lowest BCUT2D eigenvalue weighted by Crippen LogP contribution is -2.31. The molecular weight excluding hydrogens is 284 g/mol. The van der Waals surface area contributed by atoms with Crippen molar-refractivity contribution < 1.29 is 19.2 Å². The van der Waals surface area contributed by atoms with Crippen molar-refractivity contribution in [1.29, 1.82) is 0 Å². The number of anilines is 2. The molecule has 2 fully saturated rings. The van der Waals surface area contributed by atoms with Gasteiger partial charge in [0.2, 0.25) is 11.8 Å². The minimum absolute atomic E-state index is 0.0263. The van der Waals surface area contributed by atoms with Gasteiger partial charge in [-0.05, 0) is 18.2 Å². The van der Waals surface area contributed by atoms with Gasteiger partial charge in [0.1, 0.15) is 0 Å². The molecule has 1 aromatic rings. The van der Waals surface area contributed by atoms with Gasteiger partial charge in [0.15, 0.2) is 0 Å². The third-order valence-corrected chi connectivity index (χ3v) is 3.59. The van der Waals surface area contributed by atoms with E-state index in [-0.39, 0.29) is 35.8 Å². The molecule has 0 radical (unpaired) electrons. The Hall–Kier alpha value is -3.02. The maximum Gasteiger partial charge on any atom is 0.260 e. The highest BCUT2D eigenvalue weighted by atomic mass is 16.2. The summed E-state index contributed by atoms with van der Waals surface area (Å²) in [5, 5.41) is 0. The Bertz CT molecular complexity index is 717. The molecule has 2 aliphatic rings. The van der Waals surface area contributed by atoms with Gasteiger partial charge in [-0.1, -0.05) is 19.2 Å². The van der Waals surface area contributed by atoms with Crippen LogP contribution in [0.4, 0.5) is 11.4 Å². The second kappa shape index (κ2) is 4.77. The van der Waals surface area contributed by atoms with Gasteiger partial charge in [0.25, 0.3) is 11.8 Å². The zero-order chi connectivity index (χ0) is 16.0. The fourth-order valence-corrected chi connectivity index (χ4v) is 2.51. The third kappa shape index (κ3) is 1.96. The molecule has 6 heteroatoms. The first-order valence-electron chi connectivity index (χ1n) is 6.60. The van der Waals surface area contributed by atoms with Crippen LogP contribution in [0.1, 0.15) is 12.8 Å². The summed E-state index contributed by atoms with van der Waals surface area (Å²) in [6, 6.07) is 6.17. The van der Waals surface area contributed by atoms with Crippen molar-refractivity contribution in [2.45, 2.75) is 12.8 Å². The standard InChI is InChI=1S/C16H12N2O4/c1-9-6-13(19)17(15(9)21)11-4-3-5-12(8-11)18-14(20)7-10(2)16(18)22/h3-5,8H,1-2,6-7H2. The minimum atomic E-state index is -0.467. The predicted octanol–water partition coefficient (Wildman–Crippen LogP) is 1.33. The quantitative estimate of drug-likeness (QED) is 0.609. The monoisotopic (exact) mass is 296 g/mol. The van der Waals surface area contributed by atoms with Crippen LogP contribution in [0.25, 0.3) is 0 Å². The van der Waals surface area contributed by atoms with E-state index in [9.17, 15) is 19.2 Å². The largest absolute Gasteiger partial charge is 0.274 e. The van der Waals surface area contributed by atoms with Crippen molar-refractivity contribution in [1.82, 2.24) is 0 Å². The Morgan fingerprint density at radius 3 is 1.50 bits per heavy atom. The molecule has 6 nitrogen and oxygen atoms in total. The lowest BCUT2D eigenvalue weighted by Gasteiger charge is -2.18. The van der Waals surface area contributed by atoms with Crippen LogP contribution in [0.5, 0.6) is 0 Å². The van der Waals surface area contributed by atoms with E-state index in [2.05, 4.69) is 13.2 Å². The normalized spacial score (nSPS) is 18.9. The molecule has 0 N–H and O–H groups in total. The summed E-state index contributed by atoms with van der Waals surface area (Å²) >= 11 is 0. The Labute approximate surface area is 126 Å². The average Bonchev–Trinajstić information content (AvgIpc) is 2.86. The van der Waals surface area contributed by atoms with Crippen LogP contribution >= 0.6 is 0 Å². The van der Waals surface area contributed by atoms with E-state index in [4.69, 9.17) is 0 Å². The van der Waals surface area contributed by atoms with Gasteiger partial charge in [0, 0.05) is 11.1 Å². The van der Waals surface area contributed by atoms with Gasteiger partial charge >= 0.3 is 0 Å². The second-order valence-corrected chi connectivity index (χ2v) is 5.15. The lowest BCUT2D eigenvalue weighted by atomic mass is 10.2. The highest BCUT2D eigenvalue weighted by molar-refractivity contribution is 6.29. The predicted molar refractivity (Wildman–Crippen MR) is 78.9 cm³/mol. The SMILES string of the molecule is C=C1CC(=O)N(c2cccc(N3C(=O)CC(=C)C3=O)c2)C1=O. The summed E-state index contributed by atoms with van der Waals surface area (Å²) in [7, 11) is 0. The summed E-state index contributed by atoms with van der Waals surface area (Å²) in [5.74, 6) is -1.69. The second-order valence-electron chi connectivity index (χ2n) is 5.15. The van der Waals surface area contributed by atoms with Gasteiger partial charge in [-0.15, -0.1) is 0 Å². The summed E-state index contributed by atoms with van der Waals surface area (Å²) < 4.78 is 0. The molecule has 0 bridgehead atoms. The highest BCUT2D eigenvalue weighted by Crippen LogP contribution is 2.31. The Morgan fingerprint density at radius 2 is 1.18 bits per heavy atom. The van der Waals surface area contributed by atoms with E-state index in [1.54, 1.807) is 18.2 Å². The fraction of sp³-hybridized carbons (Fsp3) is 0.125. The molecule has 2 saturated heterocycles. The van der Waals surface area contributed by atoms with Crippen molar-refractivity contribution in [3.05, 3.63) is 48.6 Å². The zero-order valence-corrected chi connectivity index (χ0v) is 11.7. The van der Waals surface area contributed by atoms with Gasteiger partial charge in [-0.2, -0.15) is 0 Å². The van der Waals surface area contributed by atoms with Gasteiger partial charge in [0.05, 0.1) is 24.2 Å². The van der Waals surface area contributed by atoms with Crippen molar-refractivity contribution in [3.8, 4) is 0 Å². The lowest BCUT2D eigenvalue weighted by molar-refractivity contribution is -0.122. The number of carbonyl (C=O) groups is 4. The first-order valence-corrected chi connectivity index (χ1v) is 6.60.